The molecule has 0 radical (unpaired) electrons. The number of methoxy groups -OCH3 is 2. The van der Waals surface area contributed by atoms with Crippen LogP contribution in [0.5, 0.6) is 11.5 Å². The van der Waals surface area contributed by atoms with E-state index in [0.29, 0.717) is 0 Å². The van der Waals surface area contributed by atoms with Gasteiger partial charge >= 0.3 is 5.97 Å². The van der Waals surface area contributed by atoms with Gasteiger partial charge < -0.3 is 14.6 Å². The van der Waals surface area contributed by atoms with E-state index in [1.165, 1.54) is 11.1 Å². The van der Waals surface area contributed by atoms with Gasteiger partial charge in [0.05, 0.1) is 20.6 Å². The monoisotopic (exact) mass is 279 g/mol. The Kier molecular flexibility index (Phi) is 4.49. The van der Waals surface area contributed by atoms with Crippen LogP contribution in [0.3, 0.4) is 0 Å². The molecule has 1 atom stereocenters. The lowest BCUT2D eigenvalue weighted by atomic mass is 9.97. The van der Waals surface area contributed by atoms with Crippen LogP contribution in [0, 0.1) is 0 Å². The molecule has 0 saturated heterocycles. The molecule has 1 heterocycles. The van der Waals surface area contributed by atoms with Crippen molar-refractivity contribution < 1.29 is 19.4 Å². The minimum atomic E-state index is -0.754. The fourth-order valence-electron chi connectivity index (χ4n) is 2.66. The van der Waals surface area contributed by atoms with E-state index in [1.54, 1.807) is 14.2 Å². The van der Waals surface area contributed by atoms with Gasteiger partial charge in [-0.1, -0.05) is 0 Å². The smallest absolute Gasteiger partial charge is 0.304 e. The highest BCUT2D eigenvalue weighted by molar-refractivity contribution is 5.67. The lowest BCUT2D eigenvalue weighted by Crippen LogP contribution is -2.38. The Hall–Kier alpha value is -1.75. The summed E-state index contributed by atoms with van der Waals surface area (Å²) >= 11 is 0. The molecule has 110 valence electrons. The van der Waals surface area contributed by atoms with E-state index in [2.05, 4.69) is 4.90 Å². The van der Waals surface area contributed by atoms with Gasteiger partial charge in [0.25, 0.3) is 0 Å². The predicted molar refractivity (Wildman–Crippen MR) is 75.4 cm³/mol. The second kappa shape index (κ2) is 6.13. The summed E-state index contributed by atoms with van der Waals surface area (Å²) in [5.74, 6) is 0.716. The Balaban J connectivity index is 2.19. The van der Waals surface area contributed by atoms with Crippen LogP contribution in [0.15, 0.2) is 12.1 Å². The van der Waals surface area contributed by atoms with Gasteiger partial charge in [-0.25, -0.2) is 0 Å². The molecule has 0 fully saturated rings. The number of benzene rings is 1. The minimum Gasteiger partial charge on any atom is -0.493 e. The van der Waals surface area contributed by atoms with Gasteiger partial charge in [-0.15, -0.1) is 0 Å². The molecule has 5 heteroatoms. The molecule has 0 bridgehead atoms. The summed E-state index contributed by atoms with van der Waals surface area (Å²) in [5, 5.41) is 8.90. The quantitative estimate of drug-likeness (QED) is 0.892. The fraction of sp³-hybridized carbons (Fsp3) is 0.533. The lowest BCUT2D eigenvalue weighted by Gasteiger charge is -2.33. The minimum absolute atomic E-state index is 0.0359. The molecule has 0 aliphatic carbocycles. The second-order valence-corrected chi connectivity index (χ2v) is 5.14. The van der Waals surface area contributed by atoms with Crippen LogP contribution in [-0.2, 0) is 17.8 Å². The highest BCUT2D eigenvalue weighted by Gasteiger charge is 2.23. The summed E-state index contributed by atoms with van der Waals surface area (Å²) in [4.78, 5) is 13.0. The largest absolute Gasteiger partial charge is 0.493 e. The van der Waals surface area contributed by atoms with E-state index >= 15 is 0 Å². The highest BCUT2D eigenvalue weighted by atomic mass is 16.5. The van der Waals surface area contributed by atoms with Crippen molar-refractivity contribution in [2.45, 2.75) is 32.4 Å². The molecule has 0 saturated carbocycles. The molecular formula is C15H21NO4. The van der Waals surface area contributed by atoms with Crippen molar-refractivity contribution >= 4 is 5.97 Å². The summed E-state index contributed by atoms with van der Waals surface area (Å²) in [5.41, 5.74) is 2.44. The molecule has 2 rings (SSSR count). The van der Waals surface area contributed by atoms with Crippen molar-refractivity contribution in [1.29, 1.82) is 0 Å². The van der Waals surface area contributed by atoms with E-state index in [4.69, 9.17) is 14.6 Å². The summed E-state index contributed by atoms with van der Waals surface area (Å²) in [6.45, 7) is 3.58. The van der Waals surface area contributed by atoms with E-state index in [1.807, 2.05) is 19.1 Å². The van der Waals surface area contributed by atoms with Crippen molar-refractivity contribution in [2.75, 3.05) is 20.8 Å². The molecule has 5 nitrogen and oxygen atoms in total. The van der Waals surface area contributed by atoms with Crippen molar-refractivity contribution in [3.63, 3.8) is 0 Å². The predicted octanol–water partition coefficient (Wildman–Crippen LogP) is 1.93. The third-order valence-electron chi connectivity index (χ3n) is 3.84. The summed E-state index contributed by atoms with van der Waals surface area (Å²) in [7, 11) is 3.26. The molecule has 1 aliphatic heterocycles. The first kappa shape index (κ1) is 14.7. The molecule has 20 heavy (non-hydrogen) atoms. The van der Waals surface area contributed by atoms with Gasteiger partial charge in [0.15, 0.2) is 11.5 Å². The zero-order valence-electron chi connectivity index (χ0n) is 12.2. The van der Waals surface area contributed by atoms with Crippen molar-refractivity contribution in [2.24, 2.45) is 0 Å². The normalized spacial score (nSPS) is 16.4. The van der Waals surface area contributed by atoms with E-state index < -0.39 is 5.97 Å². The third kappa shape index (κ3) is 3.04. The fourth-order valence-corrected chi connectivity index (χ4v) is 2.66. The molecule has 0 amide bonds. The van der Waals surface area contributed by atoms with Gasteiger partial charge in [0.1, 0.15) is 0 Å². The zero-order chi connectivity index (χ0) is 14.7. The number of hydrogen-bond donors (Lipinski definition) is 1. The highest BCUT2D eigenvalue weighted by Crippen LogP contribution is 2.33. The molecule has 1 unspecified atom stereocenters. The van der Waals surface area contributed by atoms with Gasteiger partial charge in [-0.05, 0) is 36.6 Å². The Morgan fingerprint density at radius 1 is 1.30 bits per heavy atom. The molecule has 1 aromatic carbocycles. The Bertz CT molecular complexity index is 501. The topological polar surface area (TPSA) is 59.0 Å². The third-order valence-corrected chi connectivity index (χ3v) is 3.84. The summed E-state index contributed by atoms with van der Waals surface area (Å²) < 4.78 is 10.6. The first-order valence-electron chi connectivity index (χ1n) is 6.74. The molecule has 0 spiro atoms. The summed E-state index contributed by atoms with van der Waals surface area (Å²) in [6, 6.07) is 4.05. The number of aliphatic carboxylic acids is 1. The molecular weight excluding hydrogens is 258 g/mol. The maximum atomic E-state index is 10.8. The van der Waals surface area contributed by atoms with Crippen LogP contribution >= 0.6 is 0 Å². The van der Waals surface area contributed by atoms with E-state index in [9.17, 15) is 4.79 Å². The van der Waals surface area contributed by atoms with Gasteiger partial charge in [-0.2, -0.15) is 0 Å². The van der Waals surface area contributed by atoms with Crippen LogP contribution < -0.4 is 9.47 Å². The van der Waals surface area contributed by atoms with E-state index in [0.717, 1.165) is 31.0 Å². The summed E-state index contributed by atoms with van der Waals surface area (Å²) in [6.07, 6.45) is 1.07. The zero-order valence-corrected chi connectivity index (χ0v) is 12.2. The number of fused-ring (bicyclic) bond motifs is 1. The van der Waals surface area contributed by atoms with Crippen LogP contribution in [0.2, 0.25) is 0 Å². The maximum absolute atomic E-state index is 10.8. The number of ether oxygens (including phenoxy) is 2. The number of rotatable bonds is 5. The molecule has 1 N–H and O–H groups in total. The second-order valence-electron chi connectivity index (χ2n) is 5.14. The standard InChI is InChI=1S/C15H21NO4/c1-10(6-15(17)18)16-5-4-11-7-13(19-2)14(20-3)8-12(11)9-16/h7-8,10H,4-6,9H2,1-3H3,(H,17,18). The van der Waals surface area contributed by atoms with Crippen LogP contribution in [0.1, 0.15) is 24.5 Å². The van der Waals surface area contributed by atoms with Crippen LogP contribution in [-0.4, -0.2) is 42.8 Å². The SMILES string of the molecule is COc1cc2c(cc1OC)CN(C(C)CC(=O)O)CC2. The Morgan fingerprint density at radius 2 is 1.90 bits per heavy atom. The van der Waals surface area contributed by atoms with Crippen molar-refractivity contribution in [3.8, 4) is 11.5 Å². The number of nitrogens with zero attached hydrogens (tertiary/aromatic N) is 1. The van der Waals surface area contributed by atoms with Gasteiger partial charge in [0, 0.05) is 19.1 Å². The van der Waals surface area contributed by atoms with Crippen molar-refractivity contribution in [1.82, 2.24) is 4.90 Å². The van der Waals surface area contributed by atoms with Crippen LogP contribution in [0.4, 0.5) is 0 Å². The average Bonchev–Trinajstić information content (AvgIpc) is 2.44. The first-order chi connectivity index (χ1) is 9.55. The Morgan fingerprint density at radius 3 is 2.45 bits per heavy atom. The van der Waals surface area contributed by atoms with Gasteiger partial charge in [-0.3, -0.25) is 9.69 Å². The average molecular weight is 279 g/mol. The first-order valence-corrected chi connectivity index (χ1v) is 6.74. The van der Waals surface area contributed by atoms with Gasteiger partial charge in [0.2, 0.25) is 0 Å². The number of carboxylic acid groups (broad SMARTS) is 1. The van der Waals surface area contributed by atoms with Crippen LogP contribution in [0.25, 0.3) is 0 Å². The number of hydrogen-bond acceptors (Lipinski definition) is 4. The van der Waals surface area contributed by atoms with Crippen molar-refractivity contribution in [3.05, 3.63) is 23.3 Å². The molecule has 0 aromatic heterocycles. The molecule has 1 aromatic rings. The Labute approximate surface area is 119 Å². The maximum Gasteiger partial charge on any atom is 0.304 e. The number of carboxylic acids is 1. The number of carbonyl (C=O) groups is 1. The molecule has 1 aliphatic rings. The van der Waals surface area contributed by atoms with E-state index in [-0.39, 0.29) is 12.5 Å². The lowest BCUT2D eigenvalue weighted by molar-refractivity contribution is -0.138.